The normalized spacial score (nSPS) is 11.2. The minimum absolute atomic E-state index is 0.597. The van der Waals surface area contributed by atoms with E-state index in [0.29, 0.717) is 45.9 Å². The van der Waals surface area contributed by atoms with Gasteiger partial charge in [0.15, 0.2) is 23.3 Å². The van der Waals surface area contributed by atoms with Crippen LogP contribution in [0.2, 0.25) is 0 Å². The molecule has 44 heavy (non-hydrogen) atoms. The Morgan fingerprint density at radius 2 is 0.568 bits per heavy atom. The SMILES string of the molecule is [Al+2][Cl].[Al+2][Cl].c1ccc2c(c1)-c1nc-2nc2[nH]c(nc3nc(nc4[nH]c(n1)c1ccccc41)-c1ccccc1-3)c1ccccc21. The van der Waals surface area contributed by atoms with Gasteiger partial charge in [0.05, 0.1) is 0 Å². The summed E-state index contributed by atoms with van der Waals surface area (Å²) in [6.45, 7) is 0. The van der Waals surface area contributed by atoms with Crippen LogP contribution in [-0.4, -0.2) is 70.6 Å². The van der Waals surface area contributed by atoms with Crippen molar-refractivity contribution in [1.82, 2.24) is 39.9 Å². The van der Waals surface area contributed by atoms with E-state index in [4.69, 9.17) is 29.9 Å². The van der Waals surface area contributed by atoms with E-state index in [1.165, 1.54) is 0 Å². The molecule has 12 heteroatoms. The standard InChI is InChI=1S/C32H18N8.2Al.2ClH/c1-2-10-18-17(9-1)25-33-26(18)38-28-21-13-5-6-14-22(21)30(35-28)40-32-24-16-8-7-15-23(24)31(36-32)39-29-20-12-4-3-11-19(20)27(34-29)37-25;;;;/h1-16H,(H2,33,34,35,36,37,38,39,40);;;2*1H/q;2*+3;;/p-2. The summed E-state index contributed by atoms with van der Waals surface area (Å²) in [5.41, 5.74) is 6.45. The fourth-order valence-electron chi connectivity index (χ4n) is 5.59. The van der Waals surface area contributed by atoms with Crippen molar-refractivity contribution < 1.29 is 0 Å². The summed E-state index contributed by atoms with van der Waals surface area (Å²) >= 11 is 3.78. The minimum atomic E-state index is 0.597. The van der Waals surface area contributed by atoms with Gasteiger partial charge in [0.2, 0.25) is 0 Å². The van der Waals surface area contributed by atoms with E-state index >= 15 is 0 Å². The summed E-state index contributed by atoms with van der Waals surface area (Å²) < 4.78 is 0. The van der Waals surface area contributed by atoms with Crippen LogP contribution in [0.5, 0.6) is 0 Å². The van der Waals surface area contributed by atoms with Crippen molar-refractivity contribution in [3.8, 4) is 45.6 Å². The molecule has 7 aromatic rings. The van der Waals surface area contributed by atoms with Gasteiger partial charge in [-0.3, -0.25) is 0 Å². The molecule has 0 radical (unpaired) electrons. The molecule has 2 aliphatic rings. The molecule has 0 saturated heterocycles. The summed E-state index contributed by atoms with van der Waals surface area (Å²) in [4.78, 5) is 36.8. The second-order valence-electron chi connectivity index (χ2n) is 9.79. The van der Waals surface area contributed by atoms with Gasteiger partial charge in [-0.25, -0.2) is 29.9 Å². The molecule has 202 valence electrons. The van der Waals surface area contributed by atoms with Crippen LogP contribution < -0.4 is 0 Å². The maximum atomic E-state index is 5.02. The molecule has 3 aromatic heterocycles. The smallest absolute Gasteiger partial charge is 0.164 e. The van der Waals surface area contributed by atoms with Crippen molar-refractivity contribution in [3.05, 3.63) is 97.1 Å². The molecule has 0 saturated carbocycles. The molecule has 8 bridgehead atoms. The fourth-order valence-corrected chi connectivity index (χ4v) is 5.59. The Kier molecular flexibility index (Phi) is 7.88. The molecule has 4 aromatic carbocycles. The van der Waals surface area contributed by atoms with Gasteiger partial charge in [-0.1, -0.05) is 97.1 Å². The van der Waals surface area contributed by atoms with Gasteiger partial charge < -0.3 is 9.97 Å². The van der Waals surface area contributed by atoms with Gasteiger partial charge in [-0.15, -0.1) is 0 Å². The quantitative estimate of drug-likeness (QED) is 0.167. The van der Waals surface area contributed by atoms with E-state index in [2.05, 4.69) is 30.1 Å². The third-order valence-electron chi connectivity index (χ3n) is 7.46. The van der Waals surface area contributed by atoms with E-state index < -0.39 is 0 Å². The number of aromatic amines is 2. The summed E-state index contributed by atoms with van der Waals surface area (Å²) in [5, 5.41) is 3.82. The molecule has 0 unspecified atom stereocenters. The monoisotopic (exact) mass is 638 g/mol. The molecular weight excluding hydrogens is 621 g/mol. The second-order valence-corrected chi connectivity index (χ2v) is 9.79. The summed E-state index contributed by atoms with van der Waals surface area (Å²) in [7, 11) is 9.11. The summed E-state index contributed by atoms with van der Waals surface area (Å²) in [6.07, 6.45) is 0. The largest absolute Gasteiger partial charge is 0.324 e. The Morgan fingerprint density at radius 1 is 0.341 bits per heavy atom. The Hall–Kier alpha value is -4.12. The molecule has 2 aliphatic heterocycles. The first-order valence-corrected chi connectivity index (χ1v) is 16.9. The van der Waals surface area contributed by atoms with E-state index in [0.717, 1.165) is 43.8 Å². The molecular formula is C32H18Al2Cl2N8+4. The topological polar surface area (TPSA) is 109 Å². The number of H-pyrrole nitrogens is 2. The third-order valence-corrected chi connectivity index (χ3v) is 7.46. The molecule has 9 rings (SSSR count). The van der Waals surface area contributed by atoms with Crippen LogP contribution in [0.25, 0.3) is 89.7 Å². The number of benzene rings is 4. The van der Waals surface area contributed by atoms with Crippen molar-refractivity contribution in [2.24, 2.45) is 0 Å². The van der Waals surface area contributed by atoms with E-state index in [1.807, 2.05) is 128 Å². The van der Waals surface area contributed by atoms with Crippen LogP contribution in [0, 0.1) is 0 Å². The zero-order valence-electron chi connectivity index (χ0n) is 22.8. The second kappa shape index (κ2) is 12.1. The predicted molar refractivity (Wildman–Crippen MR) is 179 cm³/mol. The average Bonchev–Trinajstić information content (AvgIpc) is 3.82. The van der Waals surface area contributed by atoms with Gasteiger partial charge in [0.25, 0.3) is 0 Å². The predicted octanol–water partition coefficient (Wildman–Crippen LogP) is 7.49. The number of hydrogen-bond acceptors (Lipinski definition) is 6. The average molecular weight is 639 g/mol. The first-order valence-electron chi connectivity index (χ1n) is 13.4. The van der Waals surface area contributed by atoms with Crippen LogP contribution in [0.3, 0.4) is 0 Å². The molecule has 2 N–H and O–H groups in total. The van der Waals surface area contributed by atoms with Crippen LogP contribution in [-0.2, 0) is 0 Å². The number of aromatic nitrogens is 8. The Labute approximate surface area is 275 Å². The van der Waals surface area contributed by atoms with Crippen molar-refractivity contribution in [2.75, 3.05) is 0 Å². The zero-order valence-corrected chi connectivity index (χ0v) is 26.7. The van der Waals surface area contributed by atoms with E-state index in [1.54, 1.807) is 0 Å². The molecule has 0 aliphatic carbocycles. The number of halogens is 2. The van der Waals surface area contributed by atoms with Gasteiger partial charge in [-0.2, -0.15) is 0 Å². The van der Waals surface area contributed by atoms with E-state index in [9.17, 15) is 0 Å². The van der Waals surface area contributed by atoms with Gasteiger partial charge >= 0.3 is 50.8 Å². The molecule has 0 atom stereocenters. The maximum absolute atomic E-state index is 5.02. The van der Waals surface area contributed by atoms with Crippen molar-refractivity contribution >= 4 is 95.0 Å². The molecule has 0 fully saturated rings. The van der Waals surface area contributed by atoms with Crippen molar-refractivity contribution in [3.63, 3.8) is 0 Å². The third kappa shape index (κ3) is 4.78. The molecule has 8 nitrogen and oxygen atoms in total. The number of nitrogens with zero attached hydrogens (tertiary/aromatic N) is 6. The van der Waals surface area contributed by atoms with Gasteiger partial charge in [0.1, 0.15) is 22.6 Å². The number of rotatable bonds is 0. The van der Waals surface area contributed by atoms with Gasteiger partial charge in [-0.05, 0) is 0 Å². The summed E-state index contributed by atoms with van der Waals surface area (Å²) in [5.74, 6) is 2.39. The maximum Gasteiger partial charge on any atom is 0.164 e. The van der Waals surface area contributed by atoms with Crippen LogP contribution in [0.15, 0.2) is 97.1 Å². The molecule has 5 heterocycles. The number of hydrogen-bond donors (Lipinski definition) is 2. The molecule has 0 amide bonds. The van der Waals surface area contributed by atoms with E-state index in [-0.39, 0.29) is 0 Å². The Balaban J connectivity index is 0.000000753. The van der Waals surface area contributed by atoms with Crippen LogP contribution in [0.4, 0.5) is 0 Å². The van der Waals surface area contributed by atoms with Crippen molar-refractivity contribution in [2.45, 2.75) is 0 Å². The fraction of sp³-hybridized carbons (Fsp3) is 0. The Bertz CT molecular complexity index is 2050. The minimum Gasteiger partial charge on any atom is -0.324 e. The van der Waals surface area contributed by atoms with Crippen LogP contribution in [0.1, 0.15) is 0 Å². The summed E-state index contributed by atoms with van der Waals surface area (Å²) in [6, 6.07) is 32.2. The van der Waals surface area contributed by atoms with Gasteiger partial charge in [0, 0.05) is 43.8 Å². The van der Waals surface area contributed by atoms with Crippen molar-refractivity contribution in [1.29, 1.82) is 0 Å². The zero-order chi connectivity index (χ0) is 30.2. The number of fused-ring (bicyclic) bond motifs is 20. The number of nitrogens with one attached hydrogen (secondary N) is 2. The first-order chi connectivity index (χ1) is 21.8. The Morgan fingerprint density at radius 3 is 0.818 bits per heavy atom. The molecule has 0 spiro atoms. The first kappa shape index (κ1) is 28.6. The van der Waals surface area contributed by atoms with Crippen LogP contribution >= 0.6 is 20.1 Å².